The first-order chi connectivity index (χ1) is 12.3. The van der Waals surface area contributed by atoms with Gasteiger partial charge >= 0.3 is 0 Å². The zero-order chi connectivity index (χ0) is 19.0. The van der Waals surface area contributed by atoms with Gasteiger partial charge in [0.2, 0.25) is 0 Å². The Morgan fingerprint density at radius 1 is 1.12 bits per heavy atom. The Hall–Kier alpha value is -2.87. The number of rotatable bonds is 3. The van der Waals surface area contributed by atoms with E-state index in [-0.39, 0.29) is 27.8 Å². The summed E-state index contributed by atoms with van der Waals surface area (Å²) in [6.45, 7) is 1.51. The number of carbonyl (C=O) groups is 1. The topological polar surface area (TPSA) is 51.0 Å². The molecule has 0 aliphatic heterocycles. The first kappa shape index (κ1) is 17.9. The monoisotopic (exact) mass is 380 g/mol. The highest BCUT2D eigenvalue weighted by Gasteiger charge is 2.24. The van der Waals surface area contributed by atoms with Crippen molar-refractivity contribution in [3.63, 3.8) is 0 Å². The molecule has 26 heavy (non-hydrogen) atoms. The van der Waals surface area contributed by atoms with Gasteiger partial charge in [-0.05, 0) is 37.3 Å². The normalized spacial score (nSPS) is 10.8. The minimum atomic E-state index is -0.768. The lowest BCUT2D eigenvalue weighted by molar-refractivity contribution is 0.0986. The fourth-order valence-corrected chi connectivity index (χ4v) is 2.58. The van der Waals surface area contributed by atoms with Crippen molar-refractivity contribution in [1.29, 1.82) is 0 Å². The zero-order valence-corrected chi connectivity index (χ0v) is 14.4. The molecule has 0 fully saturated rings. The quantitative estimate of drug-likeness (QED) is 0.692. The Morgan fingerprint density at radius 3 is 2.54 bits per heavy atom. The number of benzene rings is 2. The Balaban J connectivity index is 1.99. The highest BCUT2D eigenvalue weighted by Crippen LogP contribution is 2.23. The molecular formula is C17H12ClF3N4O. The van der Waals surface area contributed by atoms with Crippen molar-refractivity contribution >= 4 is 23.2 Å². The van der Waals surface area contributed by atoms with Crippen LogP contribution in [0.5, 0.6) is 0 Å². The van der Waals surface area contributed by atoms with Crippen LogP contribution in [0.2, 0.25) is 5.02 Å². The van der Waals surface area contributed by atoms with E-state index < -0.39 is 23.4 Å². The second-order valence-corrected chi connectivity index (χ2v) is 5.93. The maximum Gasteiger partial charge on any atom is 0.280 e. The van der Waals surface area contributed by atoms with Gasteiger partial charge in [0.25, 0.3) is 5.91 Å². The van der Waals surface area contributed by atoms with Gasteiger partial charge in [-0.25, -0.2) is 17.9 Å². The van der Waals surface area contributed by atoms with Crippen molar-refractivity contribution in [1.82, 2.24) is 15.0 Å². The largest absolute Gasteiger partial charge is 0.307 e. The summed E-state index contributed by atoms with van der Waals surface area (Å²) in [7, 11) is 1.28. The molecule has 0 aliphatic rings. The summed E-state index contributed by atoms with van der Waals surface area (Å²) in [5.41, 5.74) is -0.0787. The number of aromatic nitrogens is 3. The first-order valence-electron chi connectivity index (χ1n) is 7.40. The summed E-state index contributed by atoms with van der Waals surface area (Å²) in [4.78, 5) is 13.5. The van der Waals surface area contributed by atoms with Crippen LogP contribution >= 0.6 is 11.6 Å². The van der Waals surface area contributed by atoms with E-state index in [9.17, 15) is 18.0 Å². The smallest absolute Gasteiger partial charge is 0.280 e. The highest BCUT2D eigenvalue weighted by molar-refractivity contribution is 6.30. The zero-order valence-electron chi connectivity index (χ0n) is 13.7. The standard InChI is InChI=1S/C17H12ClF3N4O/c1-9-16(17(26)24(2)15-8-11(19)4-5-12(15)20)22-23-25(9)14-6-3-10(18)7-13(14)21/h3-8H,1-2H3. The Kier molecular flexibility index (Phi) is 4.69. The van der Waals surface area contributed by atoms with Crippen LogP contribution < -0.4 is 4.90 Å². The third-order valence-corrected chi connectivity index (χ3v) is 4.04. The molecule has 0 saturated carbocycles. The van der Waals surface area contributed by atoms with E-state index in [0.29, 0.717) is 0 Å². The van der Waals surface area contributed by atoms with Crippen molar-refractivity contribution in [3.05, 3.63) is 70.3 Å². The minimum absolute atomic E-state index is 0.0537. The van der Waals surface area contributed by atoms with Gasteiger partial charge in [0.15, 0.2) is 5.69 Å². The van der Waals surface area contributed by atoms with Crippen LogP contribution in [0.3, 0.4) is 0 Å². The second-order valence-electron chi connectivity index (χ2n) is 5.49. The van der Waals surface area contributed by atoms with Crippen LogP contribution in [0.25, 0.3) is 5.69 Å². The summed E-state index contributed by atoms with van der Waals surface area (Å²) in [5.74, 6) is -2.82. The first-order valence-corrected chi connectivity index (χ1v) is 7.78. The molecule has 1 amide bonds. The van der Waals surface area contributed by atoms with Crippen molar-refractivity contribution in [3.8, 4) is 5.69 Å². The molecule has 9 heteroatoms. The van der Waals surface area contributed by atoms with Gasteiger partial charge in [0.1, 0.15) is 23.1 Å². The molecule has 0 spiro atoms. The SMILES string of the molecule is Cc1c(C(=O)N(C)c2cc(F)ccc2F)nnn1-c1ccc(Cl)cc1F. The molecule has 0 bridgehead atoms. The van der Waals surface area contributed by atoms with Crippen molar-refractivity contribution in [2.75, 3.05) is 11.9 Å². The highest BCUT2D eigenvalue weighted by atomic mass is 35.5. The van der Waals surface area contributed by atoms with Crippen LogP contribution in [0.15, 0.2) is 36.4 Å². The predicted octanol–water partition coefficient (Wildman–Crippen LogP) is 3.92. The van der Waals surface area contributed by atoms with Crippen LogP contribution in [0.1, 0.15) is 16.2 Å². The van der Waals surface area contributed by atoms with Crippen LogP contribution in [-0.4, -0.2) is 27.9 Å². The molecule has 0 unspecified atom stereocenters. The van der Waals surface area contributed by atoms with E-state index in [0.717, 1.165) is 33.8 Å². The molecule has 0 atom stereocenters. The molecule has 5 nitrogen and oxygen atoms in total. The van der Waals surface area contributed by atoms with E-state index in [4.69, 9.17) is 11.6 Å². The van der Waals surface area contributed by atoms with Crippen molar-refractivity contribution in [2.45, 2.75) is 6.92 Å². The van der Waals surface area contributed by atoms with Crippen molar-refractivity contribution < 1.29 is 18.0 Å². The molecule has 3 rings (SSSR count). The Morgan fingerprint density at radius 2 is 1.85 bits per heavy atom. The van der Waals surface area contributed by atoms with Gasteiger partial charge in [-0.15, -0.1) is 5.10 Å². The van der Waals surface area contributed by atoms with Gasteiger partial charge in [-0.2, -0.15) is 0 Å². The molecule has 0 saturated heterocycles. The van der Waals surface area contributed by atoms with Gasteiger partial charge in [-0.3, -0.25) is 4.79 Å². The van der Waals surface area contributed by atoms with E-state index in [1.54, 1.807) is 0 Å². The fourth-order valence-electron chi connectivity index (χ4n) is 2.42. The van der Waals surface area contributed by atoms with Gasteiger partial charge in [0.05, 0.1) is 11.4 Å². The van der Waals surface area contributed by atoms with Gasteiger partial charge < -0.3 is 4.90 Å². The molecule has 134 valence electrons. The lowest BCUT2D eigenvalue weighted by Gasteiger charge is -2.17. The van der Waals surface area contributed by atoms with Crippen molar-refractivity contribution in [2.24, 2.45) is 0 Å². The number of carbonyl (C=O) groups excluding carboxylic acids is 1. The molecule has 1 aromatic heterocycles. The van der Waals surface area contributed by atoms with E-state index >= 15 is 0 Å². The average molecular weight is 381 g/mol. The third kappa shape index (κ3) is 3.15. The van der Waals surface area contributed by atoms with Crippen LogP contribution in [0, 0.1) is 24.4 Å². The maximum absolute atomic E-state index is 14.1. The number of hydrogen-bond donors (Lipinski definition) is 0. The lowest BCUT2D eigenvalue weighted by atomic mass is 10.2. The summed E-state index contributed by atoms with van der Waals surface area (Å²) in [6, 6.07) is 6.73. The maximum atomic E-state index is 14.1. The number of halogens is 4. The molecular weight excluding hydrogens is 369 g/mol. The van der Waals surface area contributed by atoms with E-state index in [1.807, 2.05) is 0 Å². The summed E-state index contributed by atoms with van der Waals surface area (Å²) >= 11 is 5.72. The Labute approximate surface area is 151 Å². The summed E-state index contributed by atoms with van der Waals surface area (Å²) in [5, 5.41) is 7.75. The minimum Gasteiger partial charge on any atom is -0.307 e. The number of nitrogens with zero attached hydrogens (tertiary/aromatic N) is 4. The van der Waals surface area contributed by atoms with Crippen LogP contribution in [-0.2, 0) is 0 Å². The number of amides is 1. The average Bonchev–Trinajstić information content (AvgIpc) is 2.97. The number of anilines is 1. The molecule has 0 N–H and O–H groups in total. The third-order valence-electron chi connectivity index (χ3n) is 3.81. The molecule has 3 aromatic rings. The second kappa shape index (κ2) is 6.80. The molecule has 0 radical (unpaired) electrons. The summed E-state index contributed by atoms with van der Waals surface area (Å²) < 4.78 is 42.5. The van der Waals surface area contributed by atoms with Crippen LogP contribution in [0.4, 0.5) is 18.9 Å². The van der Waals surface area contributed by atoms with Gasteiger partial charge in [-0.1, -0.05) is 16.8 Å². The fraction of sp³-hybridized carbons (Fsp3) is 0.118. The Bertz CT molecular complexity index is 1010. The number of hydrogen-bond acceptors (Lipinski definition) is 3. The van der Waals surface area contributed by atoms with E-state index in [2.05, 4.69) is 10.3 Å². The predicted molar refractivity (Wildman–Crippen MR) is 90.2 cm³/mol. The van der Waals surface area contributed by atoms with E-state index in [1.165, 1.54) is 26.1 Å². The molecule has 2 aromatic carbocycles. The molecule has 0 aliphatic carbocycles. The lowest BCUT2D eigenvalue weighted by Crippen LogP contribution is -2.28. The summed E-state index contributed by atoms with van der Waals surface area (Å²) in [6.07, 6.45) is 0. The molecule has 1 heterocycles. The van der Waals surface area contributed by atoms with Gasteiger partial charge in [0, 0.05) is 18.1 Å².